The Kier molecular flexibility index (Phi) is 3.17. The van der Waals surface area contributed by atoms with Crippen LogP contribution in [0.25, 0.3) is 11.4 Å². The van der Waals surface area contributed by atoms with Gasteiger partial charge in [-0.3, -0.25) is 0 Å². The molecule has 0 saturated carbocycles. The number of ether oxygens (including phenoxy) is 1. The average Bonchev–Trinajstić information content (AvgIpc) is 2.47. The van der Waals surface area contributed by atoms with Crippen molar-refractivity contribution in [2.75, 3.05) is 12.3 Å². The van der Waals surface area contributed by atoms with Crippen LogP contribution in [0.3, 0.4) is 0 Å². The van der Waals surface area contributed by atoms with Gasteiger partial charge in [-0.15, -0.1) is 0 Å². The van der Waals surface area contributed by atoms with Crippen LogP contribution in [0.1, 0.15) is 23.7 Å². The minimum atomic E-state index is 0.524. The highest BCUT2D eigenvalue weighted by atomic mass is 16.5. The fourth-order valence-electron chi connectivity index (χ4n) is 2.28. The molecule has 2 aromatic rings. The second-order valence-electron chi connectivity index (χ2n) is 4.71. The monoisotopic (exact) mass is 255 g/mol. The third kappa shape index (κ3) is 2.31. The lowest BCUT2D eigenvalue weighted by atomic mass is 10.1. The van der Waals surface area contributed by atoms with E-state index < -0.39 is 0 Å². The van der Waals surface area contributed by atoms with Gasteiger partial charge in [-0.05, 0) is 12.0 Å². The molecule has 1 aromatic heterocycles. The summed E-state index contributed by atoms with van der Waals surface area (Å²) in [6.07, 6.45) is 1.84. The number of aryl methyl sites for hydroxylation is 1. The summed E-state index contributed by atoms with van der Waals surface area (Å²) in [5.74, 6) is 1.25. The van der Waals surface area contributed by atoms with Crippen molar-refractivity contribution >= 4 is 5.82 Å². The molecule has 0 spiro atoms. The summed E-state index contributed by atoms with van der Waals surface area (Å²) >= 11 is 0. The first-order chi connectivity index (χ1) is 9.28. The lowest BCUT2D eigenvalue weighted by Gasteiger charge is -2.17. The first kappa shape index (κ1) is 12.1. The minimum Gasteiger partial charge on any atom is -0.383 e. The standard InChI is InChI=1S/C15H17N3O/c1-2-10-3-5-11(6-4-10)15-17-13-7-8-19-9-12(13)14(16)18-15/h3-6H,2,7-9H2,1H3,(H2,16,17,18). The van der Waals surface area contributed by atoms with Crippen molar-refractivity contribution in [2.45, 2.75) is 26.4 Å². The Morgan fingerprint density at radius 1 is 1.21 bits per heavy atom. The number of rotatable bonds is 2. The van der Waals surface area contributed by atoms with Crippen molar-refractivity contribution in [3.8, 4) is 11.4 Å². The molecule has 0 aliphatic carbocycles. The van der Waals surface area contributed by atoms with Crippen molar-refractivity contribution in [3.05, 3.63) is 41.1 Å². The molecule has 1 aliphatic heterocycles. The molecule has 0 atom stereocenters. The van der Waals surface area contributed by atoms with Crippen LogP contribution in [0.2, 0.25) is 0 Å². The Bertz CT molecular complexity index is 593. The van der Waals surface area contributed by atoms with Gasteiger partial charge in [0.05, 0.1) is 18.9 Å². The molecule has 1 aliphatic rings. The molecule has 4 nitrogen and oxygen atoms in total. The molecule has 2 heterocycles. The molecule has 0 saturated heterocycles. The summed E-state index contributed by atoms with van der Waals surface area (Å²) in [7, 11) is 0. The summed E-state index contributed by atoms with van der Waals surface area (Å²) in [6.45, 7) is 3.37. The van der Waals surface area contributed by atoms with Crippen molar-refractivity contribution < 1.29 is 4.74 Å². The number of benzene rings is 1. The number of aromatic nitrogens is 2. The maximum absolute atomic E-state index is 6.00. The molecule has 0 fully saturated rings. The van der Waals surface area contributed by atoms with Crippen LogP contribution >= 0.6 is 0 Å². The first-order valence-electron chi connectivity index (χ1n) is 6.60. The zero-order valence-electron chi connectivity index (χ0n) is 11.0. The average molecular weight is 255 g/mol. The van der Waals surface area contributed by atoms with Gasteiger partial charge in [0.25, 0.3) is 0 Å². The number of nitrogen functional groups attached to an aromatic ring is 1. The van der Waals surface area contributed by atoms with Gasteiger partial charge in [-0.2, -0.15) is 0 Å². The van der Waals surface area contributed by atoms with Crippen molar-refractivity contribution in [1.29, 1.82) is 0 Å². The predicted molar refractivity (Wildman–Crippen MR) is 74.6 cm³/mol. The molecule has 19 heavy (non-hydrogen) atoms. The lowest BCUT2D eigenvalue weighted by molar-refractivity contribution is 0.109. The van der Waals surface area contributed by atoms with Gasteiger partial charge < -0.3 is 10.5 Å². The SMILES string of the molecule is CCc1ccc(-c2nc(N)c3c(n2)CCOC3)cc1. The molecule has 0 radical (unpaired) electrons. The van der Waals surface area contributed by atoms with Gasteiger partial charge in [-0.1, -0.05) is 31.2 Å². The van der Waals surface area contributed by atoms with Crippen LogP contribution < -0.4 is 5.73 Å². The van der Waals surface area contributed by atoms with Crippen LogP contribution in [0, 0.1) is 0 Å². The number of nitrogens with two attached hydrogens (primary N) is 1. The fourth-order valence-corrected chi connectivity index (χ4v) is 2.28. The highest BCUT2D eigenvalue weighted by Crippen LogP contribution is 2.24. The zero-order chi connectivity index (χ0) is 13.2. The van der Waals surface area contributed by atoms with Crippen LogP contribution in [-0.4, -0.2) is 16.6 Å². The van der Waals surface area contributed by atoms with E-state index in [1.54, 1.807) is 0 Å². The van der Waals surface area contributed by atoms with E-state index in [1.165, 1.54) is 5.56 Å². The highest BCUT2D eigenvalue weighted by Gasteiger charge is 2.17. The van der Waals surface area contributed by atoms with Gasteiger partial charge in [0.1, 0.15) is 5.82 Å². The number of nitrogens with zero attached hydrogens (tertiary/aromatic N) is 2. The van der Waals surface area contributed by atoms with Crippen LogP contribution in [-0.2, 0) is 24.2 Å². The summed E-state index contributed by atoms with van der Waals surface area (Å²) in [5.41, 5.74) is 10.3. The Labute approximate surface area is 112 Å². The minimum absolute atomic E-state index is 0.524. The number of fused-ring (bicyclic) bond motifs is 1. The first-order valence-corrected chi connectivity index (χ1v) is 6.60. The molecule has 0 amide bonds. The van der Waals surface area contributed by atoms with Crippen LogP contribution in [0.4, 0.5) is 5.82 Å². The normalized spacial score (nSPS) is 14.2. The van der Waals surface area contributed by atoms with Gasteiger partial charge >= 0.3 is 0 Å². The smallest absolute Gasteiger partial charge is 0.161 e. The summed E-state index contributed by atoms with van der Waals surface area (Å²) in [4.78, 5) is 9.03. The fraction of sp³-hybridized carbons (Fsp3) is 0.333. The molecule has 98 valence electrons. The van der Waals surface area contributed by atoms with E-state index >= 15 is 0 Å². The van der Waals surface area contributed by atoms with E-state index in [0.717, 1.165) is 29.7 Å². The number of anilines is 1. The molecular weight excluding hydrogens is 238 g/mol. The molecular formula is C15H17N3O. The van der Waals surface area contributed by atoms with Gasteiger partial charge in [0.15, 0.2) is 5.82 Å². The van der Waals surface area contributed by atoms with Crippen LogP contribution in [0.5, 0.6) is 0 Å². The summed E-state index contributed by atoms with van der Waals surface area (Å²) in [5, 5.41) is 0. The maximum Gasteiger partial charge on any atom is 0.161 e. The maximum atomic E-state index is 6.00. The molecule has 0 bridgehead atoms. The molecule has 2 N–H and O–H groups in total. The van der Waals surface area contributed by atoms with E-state index in [0.29, 0.717) is 24.9 Å². The zero-order valence-corrected chi connectivity index (χ0v) is 11.0. The Balaban J connectivity index is 2.02. The molecule has 0 unspecified atom stereocenters. The van der Waals surface area contributed by atoms with Gasteiger partial charge in [0.2, 0.25) is 0 Å². The Morgan fingerprint density at radius 2 is 2.00 bits per heavy atom. The van der Waals surface area contributed by atoms with Crippen molar-refractivity contribution in [2.24, 2.45) is 0 Å². The second-order valence-corrected chi connectivity index (χ2v) is 4.71. The molecule has 4 heteroatoms. The van der Waals surface area contributed by atoms with Crippen molar-refractivity contribution in [3.63, 3.8) is 0 Å². The lowest BCUT2D eigenvalue weighted by Crippen LogP contribution is -2.16. The predicted octanol–water partition coefficient (Wildman–Crippen LogP) is 2.36. The van der Waals surface area contributed by atoms with E-state index in [2.05, 4.69) is 41.2 Å². The Morgan fingerprint density at radius 3 is 2.74 bits per heavy atom. The van der Waals surface area contributed by atoms with E-state index in [4.69, 9.17) is 10.5 Å². The largest absolute Gasteiger partial charge is 0.383 e. The second kappa shape index (κ2) is 4.97. The summed E-state index contributed by atoms with van der Waals surface area (Å²) < 4.78 is 5.39. The van der Waals surface area contributed by atoms with Crippen molar-refractivity contribution in [1.82, 2.24) is 9.97 Å². The molecule has 1 aromatic carbocycles. The topological polar surface area (TPSA) is 61.0 Å². The molecule has 3 rings (SSSR count). The van der Waals surface area contributed by atoms with Gasteiger partial charge in [-0.25, -0.2) is 9.97 Å². The van der Waals surface area contributed by atoms with Gasteiger partial charge in [0, 0.05) is 17.5 Å². The van der Waals surface area contributed by atoms with E-state index in [1.807, 2.05) is 0 Å². The highest BCUT2D eigenvalue weighted by molar-refractivity contribution is 5.59. The van der Waals surface area contributed by atoms with E-state index in [-0.39, 0.29) is 0 Å². The van der Waals surface area contributed by atoms with E-state index in [9.17, 15) is 0 Å². The number of hydrogen-bond donors (Lipinski definition) is 1. The quantitative estimate of drug-likeness (QED) is 0.895. The number of hydrogen-bond acceptors (Lipinski definition) is 4. The third-order valence-corrected chi connectivity index (χ3v) is 3.47. The Hall–Kier alpha value is -1.94. The van der Waals surface area contributed by atoms with Crippen LogP contribution in [0.15, 0.2) is 24.3 Å². The summed E-state index contributed by atoms with van der Waals surface area (Å²) in [6, 6.07) is 8.33. The third-order valence-electron chi connectivity index (χ3n) is 3.47.